The number of H-pyrrole nitrogens is 1. The number of aromatic nitrogens is 1. The molecule has 1 amide bonds. The van der Waals surface area contributed by atoms with Gasteiger partial charge in [0.2, 0.25) is 0 Å². The second-order valence-electron chi connectivity index (χ2n) is 4.61. The topological polar surface area (TPSA) is 74.0 Å². The first-order valence-corrected chi connectivity index (χ1v) is 6.83. The maximum atomic E-state index is 12.0. The number of fused-ring (bicyclic) bond motifs is 1. The summed E-state index contributed by atoms with van der Waals surface area (Å²) < 4.78 is 0. The highest BCUT2D eigenvalue weighted by Crippen LogP contribution is 2.09. The highest BCUT2D eigenvalue weighted by Gasteiger charge is 2.08. The minimum absolute atomic E-state index is 0.239. The molecule has 1 heterocycles. The summed E-state index contributed by atoms with van der Waals surface area (Å²) in [5.41, 5.74) is 0.0570. The molecule has 1 aromatic carbocycles. The number of amides is 1. The summed E-state index contributed by atoms with van der Waals surface area (Å²) in [5.74, 6) is -0.258. The Balaban J connectivity index is 2.05. The average Bonchev–Trinajstić information content (AvgIpc) is 2.47. The summed E-state index contributed by atoms with van der Waals surface area (Å²) >= 11 is 0. The van der Waals surface area contributed by atoms with Crippen LogP contribution in [-0.4, -0.2) is 30.5 Å². The fraction of sp³-hybridized carbons (Fsp3) is 0.333. The zero-order chi connectivity index (χ0) is 14.4. The molecule has 3 N–H and O–H groups in total. The summed E-state index contributed by atoms with van der Waals surface area (Å²) in [5, 5.41) is 7.33. The van der Waals surface area contributed by atoms with Gasteiger partial charge in [0.05, 0.1) is 0 Å². The number of carbonyl (C=O) groups is 1. The normalized spacial score (nSPS) is 10.7. The predicted molar refractivity (Wildman–Crippen MR) is 80.1 cm³/mol. The lowest BCUT2D eigenvalue weighted by Crippen LogP contribution is -2.33. The van der Waals surface area contributed by atoms with E-state index in [1.54, 1.807) is 18.2 Å². The number of hydrogen-bond acceptors (Lipinski definition) is 3. The molecular weight excluding hydrogens is 254 g/mol. The largest absolute Gasteiger partial charge is 0.349 e. The van der Waals surface area contributed by atoms with Gasteiger partial charge in [-0.3, -0.25) is 9.59 Å². The van der Waals surface area contributed by atoms with Gasteiger partial charge in [0, 0.05) is 18.5 Å². The van der Waals surface area contributed by atoms with Crippen LogP contribution < -0.4 is 16.2 Å². The van der Waals surface area contributed by atoms with Gasteiger partial charge < -0.3 is 15.6 Å². The minimum Gasteiger partial charge on any atom is -0.349 e. The van der Waals surface area contributed by atoms with Crippen LogP contribution in [0.4, 0.5) is 0 Å². The molecule has 0 aliphatic carbocycles. The van der Waals surface area contributed by atoms with Gasteiger partial charge in [0.15, 0.2) is 0 Å². The van der Waals surface area contributed by atoms with Crippen LogP contribution in [0.5, 0.6) is 0 Å². The van der Waals surface area contributed by atoms with E-state index in [4.69, 9.17) is 0 Å². The monoisotopic (exact) mass is 273 g/mol. The second kappa shape index (κ2) is 6.86. The van der Waals surface area contributed by atoms with Crippen molar-refractivity contribution in [3.8, 4) is 0 Å². The summed E-state index contributed by atoms with van der Waals surface area (Å²) in [6.07, 6.45) is 1.06. The number of hydrogen-bond donors (Lipinski definition) is 3. The fourth-order valence-electron chi connectivity index (χ4n) is 1.99. The Kier molecular flexibility index (Phi) is 4.90. The molecule has 0 saturated carbocycles. The first kappa shape index (κ1) is 14.3. The number of benzene rings is 1. The second-order valence-corrected chi connectivity index (χ2v) is 4.61. The van der Waals surface area contributed by atoms with Crippen LogP contribution in [0.3, 0.4) is 0 Å². The smallest absolute Gasteiger partial charge is 0.267 e. The highest BCUT2D eigenvalue weighted by molar-refractivity contribution is 5.96. The van der Waals surface area contributed by atoms with Crippen molar-refractivity contribution < 1.29 is 4.79 Å². The number of aromatic amines is 1. The first-order valence-electron chi connectivity index (χ1n) is 6.83. The third-order valence-electron chi connectivity index (χ3n) is 3.01. The van der Waals surface area contributed by atoms with Gasteiger partial charge >= 0.3 is 0 Å². The number of carbonyl (C=O) groups excluding carboxylic acids is 1. The molecule has 0 atom stereocenters. The van der Waals surface area contributed by atoms with E-state index in [1.165, 1.54) is 0 Å². The molecular formula is C15H19N3O2. The lowest BCUT2D eigenvalue weighted by Gasteiger charge is -2.07. The Morgan fingerprint density at radius 1 is 1.20 bits per heavy atom. The summed E-state index contributed by atoms with van der Waals surface area (Å²) in [6, 6.07) is 8.91. The molecule has 0 radical (unpaired) electrons. The third kappa shape index (κ3) is 3.45. The summed E-state index contributed by atoms with van der Waals surface area (Å²) in [4.78, 5) is 26.4. The van der Waals surface area contributed by atoms with Crippen molar-refractivity contribution in [1.29, 1.82) is 0 Å². The van der Waals surface area contributed by atoms with Crippen molar-refractivity contribution >= 4 is 16.7 Å². The molecule has 106 valence electrons. The van der Waals surface area contributed by atoms with E-state index in [2.05, 4.69) is 22.5 Å². The van der Waals surface area contributed by atoms with Crippen molar-refractivity contribution in [2.45, 2.75) is 13.3 Å². The Morgan fingerprint density at radius 2 is 2.00 bits per heavy atom. The van der Waals surface area contributed by atoms with Gasteiger partial charge in [-0.05, 0) is 30.5 Å². The Bertz CT molecular complexity index is 649. The number of rotatable bonds is 6. The molecule has 20 heavy (non-hydrogen) atoms. The Hall–Kier alpha value is -2.14. The maximum Gasteiger partial charge on any atom is 0.267 e. The number of nitrogens with one attached hydrogen (secondary N) is 3. The van der Waals surface area contributed by atoms with Gasteiger partial charge in [-0.1, -0.05) is 25.1 Å². The van der Waals surface area contributed by atoms with Crippen LogP contribution in [0.2, 0.25) is 0 Å². The molecule has 5 nitrogen and oxygen atoms in total. The molecule has 5 heteroatoms. The SMILES string of the molecule is CCCNCCNC(=O)c1cc2ccccc2c(=O)[nH]1. The van der Waals surface area contributed by atoms with Gasteiger partial charge in [0.25, 0.3) is 11.5 Å². The molecule has 0 fully saturated rings. The molecule has 0 unspecified atom stereocenters. The van der Waals surface area contributed by atoms with Crippen LogP contribution in [0, 0.1) is 0 Å². The number of pyridine rings is 1. The highest BCUT2D eigenvalue weighted by atomic mass is 16.2. The third-order valence-corrected chi connectivity index (χ3v) is 3.01. The molecule has 0 aliphatic heterocycles. The zero-order valence-corrected chi connectivity index (χ0v) is 11.5. The molecule has 1 aromatic heterocycles. The van der Waals surface area contributed by atoms with E-state index < -0.39 is 0 Å². The standard InChI is InChI=1S/C15H19N3O2/c1-2-7-16-8-9-17-15(20)13-10-11-5-3-4-6-12(11)14(19)18-13/h3-6,10,16H,2,7-9H2,1H3,(H,17,20)(H,18,19). The lowest BCUT2D eigenvalue weighted by molar-refractivity contribution is 0.0949. The van der Waals surface area contributed by atoms with Crippen LogP contribution in [0.15, 0.2) is 35.1 Å². The fourth-order valence-corrected chi connectivity index (χ4v) is 1.99. The molecule has 2 rings (SSSR count). The summed E-state index contributed by atoms with van der Waals surface area (Å²) in [6.45, 7) is 4.28. The quantitative estimate of drug-likeness (QED) is 0.694. The van der Waals surface area contributed by atoms with Crippen LogP contribution in [0.25, 0.3) is 10.8 Å². The van der Waals surface area contributed by atoms with Crippen LogP contribution in [0.1, 0.15) is 23.8 Å². The van der Waals surface area contributed by atoms with Crippen molar-refractivity contribution in [2.75, 3.05) is 19.6 Å². The average molecular weight is 273 g/mol. The van der Waals surface area contributed by atoms with Crippen molar-refractivity contribution in [3.05, 3.63) is 46.4 Å². The maximum absolute atomic E-state index is 12.0. The summed E-state index contributed by atoms with van der Waals surface area (Å²) in [7, 11) is 0. The van der Waals surface area contributed by atoms with Crippen molar-refractivity contribution in [2.24, 2.45) is 0 Å². The Morgan fingerprint density at radius 3 is 2.80 bits per heavy atom. The Labute approximate surface area is 117 Å². The van der Waals surface area contributed by atoms with E-state index in [9.17, 15) is 9.59 Å². The van der Waals surface area contributed by atoms with E-state index in [1.807, 2.05) is 12.1 Å². The lowest BCUT2D eigenvalue weighted by atomic mass is 10.1. The zero-order valence-electron chi connectivity index (χ0n) is 11.5. The van der Waals surface area contributed by atoms with Crippen molar-refractivity contribution in [3.63, 3.8) is 0 Å². The van der Waals surface area contributed by atoms with Crippen LogP contribution >= 0.6 is 0 Å². The van der Waals surface area contributed by atoms with Gasteiger partial charge in [0.1, 0.15) is 5.69 Å². The van der Waals surface area contributed by atoms with Crippen LogP contribution in [-0.2, 0) is 0 Å². The van der Waals surface area contributed by atoms with E-state index in [0.717, 1.165) is 24.9 Å². The van der Waals surface area contributed by atoms with E-state index >= 15 is 0 Å². The van der Waals surface area contributed by atoms with Gasteiger partial charge in [-0.2, -0.15) is 0 Å². The molecule has 0 saturated heterocycles. The predicted octanol–water partition coefficient (Wildman–Crippen LogP) is 1.26. The van der Waals surface area contributed by atoms with Gasteiger partial charge in [-0.25, -0.2) is 0 Å². The molecule has 0 spiro atoms. The van der Waals surface area contributed by atoms with E-state index in [-0.39, 0.29) is 11.5 Å². The van der Waals surface area contributed by atoms with E-state index in [0.29, 0.717) is 17.6 Å². The van der Waals surface area contributed by atoms with Crippen molar-refractivity contribution in [1.82, 2.24) is 15.6 Å². The first-order chi connectivity index (χ1) is 9.72. The van der Waals surface area contributed by atoms with Gasteiger partial charge in [-0.15, -0.1) is 0 Å². The molecule has 2 aromatic rings. The molecule has 0 aliphatic rings. The molecule has 0 bridgehead atoms. The minimum atomic E-state index is -0.258.